The smallest absolute Gasteiger partial charge is 0.242 e. The molecule has 0 unspecified atom stereocenters. The van der Waals surface area contributed by atoms with Crippen molar-refractivity contribution < 1.29 is 14.4 Å². The summed E-state index contributed by atoms with van der Waals surface area (Å²) in [6, 6.07) is 0. The van der Waals surface area contributed by atoms with Crippen LogP contribution in [0.15, 0.2) is 12.2 Å². The van der Waals surface area contributed by atoms with Gasteiger partial charge in [0.05, 0.1) is 11.8 Å². The molecule has 3 rings (SSSR count). The fourth-order valence-electron chi connectivity index (χ4n) is 3.58. The topological polar surface area (TPSA) is 57.7 Å². The highest BCUT2D eigenvalue weighted by Crippen LogP contribution is 2.34. The zero-order chi connectivity index (χ0) is 14.8. The second-order valence-corrected chi connectivity index (χ2v) is 6.21. The number of imide groups is 1. The summed E-state index contributed by atoms with van der Waals surface area (Å²) in [6.07, 6.45) is 9.53. The van der Waals surface area contributed by atoms with Crippen LogP contribution in [0.3, 0.4) is 0 Å². The Kier molecular flexibility index (Phi) is 4.08. The van der Waals surface area contributed by atoms with Gasteiger partial charge in [0.2, 0.25) is 17.7 Å². The molecule has 2 saturated heterocycles. The van der Waals surface area contributed by atoms with Gasteiger partial charge in [-0.1, -0.05) is 25.0 Å². The van der Waals surface area contributed by atoms with Crippen molar-refractivity contribution in [1.82, 2.24) is 9.80 Å². The summed E-state index contributed by atoms with van der Waals surface area (Å²) < 4.78 is 0. The normalized spacial score (nSPS) is 29.5. The van der Waals surface area contributed by atoms with E-state index in [1.165, 1.54) is 4.90 Å². The van der Waals surface area contributed by atoms with Crippen molar-refractivity contribution in [3.05, 3.63) is 12.2 Å². The van der Waals surface area contributed by atoms with E-state index in [1.807, 2.05) is 17.1 Å². The monoisotopic (exact) mass is 290 g/mol. The summed E-state index contributed by atoms with van der Waals surface area (Å²) in [5, 5.41) is 0. The largest absolute Gasteiger partial charge is 0.341 e. The summed E-state index contributed by atoms with van der Waals surface area (Å²) in [4.78, 5) is 40.1. The first kappa shape index (κ1) is 14.3. The molecule has 0 aromatic rings. The minimum absolute atomic E-state index is 0.0648. The molecule has 21 heavy (non-hydrogen) atoms. The standard InChI is InChI=1S/C16H22N2O3/c19-14(17-9-5-1-2-6-10-17)11-18-15(20)12-7-3-4-8-13(12)16(18)21/h3-4,12-13H,1-2,5-11H2/t12-,13-/m0/s1. The van der Waals surface area contributed by atoms with Crippen molar-refractivity contribution in [2.24, 2.45) is 11.8 Å². The Hall–Kier alpha value is -1.65. The van der Waals surface area contributed by atoms with E-state index in [2.05, 4.69) is 0 Å². The third-order valence-corrected chi connectivity index (χ3v) is 4.85. The fourth-order valence-corrected chi connectivity index (χ4v) is 3.58. The summed E-state index contributed by atoms with van der Waals surface area (Å²) in [5.74, 6) is -0.862. The van der Waals surface area contributed by atoms with Crippen molar-refractivity contribution in [3.8, 4) is 0 Å². The average Bonchev–Trinajstić information content (AvgIpc) is 2.72. The van der Waals surface area contributed by atoms with E-state index in [0.29, 0.717) is 12.8 Å². The van der Waals surface area contributed by atoms with Gasteiger partial charge in [0.25, 0.3) is 0 Å². The molecule has 5 heteroatoms. The second-order valence-electron chi connectivity index (χ2n) is 6.21. The Morgan fingerprint density at radius 3 is 2.00 bits per heavy atom. The maximum absolute atomic E-state index is 12.4. The van der Waals surface area contributed by atoms with Gasteiger partial charge in [0.1, 0.15) is 6.54 Å². The van der Waals surface area contributed by atoms with Crippen LogP contribution in [0.4, 0.5) is 0 Å². The molecule has 5 nitrogen and oxygen atoms in total. The first-order valence-electron chi connectivity index (χ1n) is 7.96. The molecular weight excluding hydrogens is 268 g/mol. The van der Waals surface area contributed by atoms with E-state index in [-0.39, 0.29) is 36.1 Å². The second kappa shape index (κ2) is 6.00. The Labute approximate surface area is 125 Å². The summed E-state index contributed by atoms with van der Waals surface area (Å²) in [7, 11) is 0. The molecular formula is C16H22N2O3. The molecule has 2 heterocycles. The first-order valence-corrected chi connectivity index (χ1v) is 7.96. The number of rotatable bonds is 2. The highest BCUT2D eigenvalue weighted by atomic mass is 16.2. The zero-order valence-corrected chi connectivity index (χ0v) is 12.3. The molecule has 0 N–H and O–H groups in total. The number of carbonyl (C=O) groups is 3. The van der Waals surface area contributed by atoms with Crippen LogP contribution in [0.25, 0.3) is 0 Å². The van der Waals surface area contributed by atoms with Crippen molar-refractivity contribution in [2.45, 2.75) is 38.5 Å². The van der Waals surface area contributed by atoms with E-state index in [9.17, 15) is 14.4 Å². The van der Waals surface area contributed by atoms with E-state index in [4.69, 9.17) is 0 Å². The van der Waals surface area contributed by atoms with E-state index >= 15 is 0 Å². The third kappa shape index (κ3) is 2.74. The number of likely N-dealkylation sites (tertiary alicyclic amines) is 2. The van der Waals surface area contributed by atoms with Crippen molar-refractivity contribution in [3.63, 3.8) is 0 Å². The Balaban J connectivity index is 1.65. The molecule has 2 atom stereocenters. The number of fused-ring (bicyclic) bond motifs is 1. The lowest BCUT2D eigenvalue weighted by atomic mass is 9.85. The van der Waals surface area contributed by atoms with E-state index in [0.717, 1.165) is 38.8 Å². The molecule has 1 aliphatic carbocycles. The molecule has 2 aliphatic heterocycles. The van der Waals surface area contributed by atoms with Gasteiger partial charge in [-0.3, -0.25) is 19.3 Å². The Morgan fingerprint density at radius 2 is 1.48 bits per heavy atom. The SMILES string of the molecule is O=C(CN1C(=O)[C@H]2CC=CC[C@@H]2C1=O)N1CCCCCC1. The predicted octanol–water partition coefficient (Wildman–Crippen LogP) is 1.34. The maximum atomic E-state index is 12.4. The van der Waals surface area contributed by atoms with E-state index in [1.54, 1.807) is 0 Å². The number of hydrogen-bond acceptors (Lipinski definition) is 3. The van der Waals surface area contributed by atoms with Gasteiger partial charge in [-0.2, -0.15) is 0 Å². The lowest BCUT2D eigenvalue weighted by molar-refractivity contribution is -0.146. The molecule has 114 valence electrons. The van der Waals surface area contributed by atoms with Crippen LogP contribution in [-0.4, -0.2) is 47.2 Å². The first-order chi connectivity index (χ1) is 10.2. The van der Waals surface area contributed by atoms with Gasteiger partial charge < -0.3 is 4.90 Å². The molecule has 0 spiro atoms. The molecule has 0 bridgehead atoms. The minimum Gasteiger partial charge on any atom is -0.341 e. The molecule has 0 radical (unpaired) electrons. The minimum atomic E-state index is -0.237. The number of amides is 3. The van der Waals surface area contributed by atoms with Crippen LogP contribution in [0.5, 0.6) is 0 Å². The lowest BCUT2D eigenvalue weighted by Crippen LogP contribution is -2.43. The molecule has 0 saturated carbocycles. The van der Waals surface area contributed by atoms with Gasteiger partial charge in [-0.05, 0) is 25.7 Å². The Morgan fingerprint density at radius 1 is 0.952 bits per heavy atom. The zero-order valence-electron chi connectivity index (χ0n) is 12.3. The van der Waals surface area contributed by atoms with E-state index < -0.39 is 0 Å². The molecule has 3 amide bonds. The summed E-state index contributed by atoms with van der Waals surface area (Å²) in [6.45, 7) is 1.44. The quantitative estimate of drug-likeness (QED) is 0.569. The van der Waals surface area contributed by atoms with Crippen molar-refractivity contribution >= 4 is 17.7 Å². The number of allylic oxidation sites excluding steroid dienone is 2. The van der Waals surface area contributed by atoms with Crippen molar-refractivity contribution in [1.29, 1.82) is 0 Å². The third-order valence-electron chi connectivity index (χ3n) is 4.85. The lowest BCUT2D eigenvalue weighted by Gasteiger charge is -2.23. The van der Waals surface area contributed by atoms with Gasteiger partial charge >= 0.3 is 0 Å². The molecule has 0 aromatic heterocycles. The maximum Gasteiger partial charge on any atom is 0.242 e. The Bertz CT molecular complexity index is 452. The van der Waals surface area contributed by atoms with Crippen LogP contribution >= 0.6 is 0 Å². The predicted molar refractivity (Wildman–Crippen MR) is 77.1 cm³/mol. The summed E-state index contributed by atoms with van der Waals surface area (Å²) >= 11 is 0. The van der Waals surface area contributed by atoms with Crippen LogP contribution < -0.4 is 0 Å². The fraction of sp³-hybridized carbons (Fsp3) is 0.688. The van der Waals surface area contributed by atoms with Crippen molar-refractivity contribution in [2.75, 3.05) is 19.6 Å². The highest BCUT2D eigenvalue weighted by Gasteiger charge is 2.47. The number of hydrogen-bond donors (Lipinski definition) is 0. The van der Waals surface area contributed by atoms with Gasteiger partial charge in [0, 0.05) is 13.1 Å². The van der Waals surface area contributed by atoms with Gasteiger partial charge in [0.15, 0.2) is 0 Å². The summed E-state index contributed by atoms with van der Waals surface area (Å²) in [5.41, 5.74) is 0. The number of nitrogens with zero attached hydrogens (tertiary/aromatic N) is 2. The molecule has 0 aromatic carbocycles. The van der Waals surface area contributed by atoms with Crippen LogP contribution in [-0.2, 0) is 14.4 Å². The molecule has 2 fully saturated rings. The highest BCUT2D eigenvalue weighted by molar-refractivity contribution is 6.07. The molecule has 3 aliphatic rings. The van der Waals surface area contributed by atoms with Crippen LogP contribution in [0.2, 0.25) is 0 Å². The van der Waals surface area contributed by atoms with Crippen LogP contribution in [0, 0.1) is 11.8 Å². The number of carbonyl (C=O) groups excluding carboxylic acids is 3. The van der Waals surface area contributed by atoms with Crippen LogP contribution in [0.1, 0.15) is 38.5 Å². The average molecular weight is 290 g/mol. The van der Waals surface area contributed by atoms with Gasteiger partial charge in [-0.25, -0.2) is 0 Å². The van der Waals surface area contributed by atoms with Gasteiger partial charge in [-0.15, -0.1) is 0 Å².